The van der Waals surface area contributed by atoms with E-state index in [0.29, 0.717) is 0 Å². The Morgan fingerprint density at radius 2 is 1.25 bits per heavy atom. The van der Waals surface area contributed by atoms with Crippen LogP contribution in [-0.4, -0.2) is 69.2 Å². The smallest absolute Gasteiger partial charge is 1.00 e. The minimum atomic E-state index is 0. The maximum atomic E-state index is 0. The summed E-state index contributed by atoms with van der Waals surface area (Å²) in [5.74, 6) is 0. The molecule has 0 rings (SSSR count). The van der Waals surface area contributed by atoms with Crippen molar-refractivity contribution in [3.05, 3.63) is 0 Å². The molecular formula is H5BCaLiMg. The molecule has 0 amide bonds. The number of hydrogen-bond acceptors (Lipinski definition) is 0. The van der Waals surface area contributed by atoms with Crippen LogP contribution in [0.4, 0.5) is 0 Å². The average Bonchev–Trinajstić information content (AvgIpc) is 0. The van der Waals surface area contributed by atoms with E-state index in [0.717, 1.165) is 0 Å². The molecule has 0 spiro atoms. The molecule has 3 radical (unpaired) electrons. The fourth-order valence-corrected chi connectivity index (χ4v) is 0. The molecule has 0 bridgehead atoms. The van der Waals surface area contributed by atoms with Crippen LogP contribution in [0.5, 0.6) is 0 Å². The van der Waals surface area contributed by atoms with Gasteiger partial charge in [-0.3, -0.25) is 0 Å². The molecule has 0 atom stereocenters. The summed E-state index contributed by atoms with van der Waals surface area (Å²) in [6.45, 7) is 0. The van der Waals surface area contributed by atoms with Crippen LogP contribution in [0.3, 0.4) is 0 Å². The van der Waals surface area contributed by atoms with Crippen LogP contribution in [0.2, 0.25) is 0 Å². The van der Waals surface area contributed by atoms with Gasteiger partial charge in [-0.15, -0.1) is 0 Å². The molecule has 0 aliphatic heterocycles. The third kappa shape index (κ3) is 8.82. The Labute approximate surface area is 93.8 Å². The average molecular weight is 87.2 g/mol. The second-order valence-electron chi connectivity index (χ2n) is 0. The van der Waals surface area contributed by atoms with Crippen LogP contribution < -0.4 is 18.9 Å². The fourth-order valence-electron chi connectivity index (χ4n) is 0. The van der Waals surface area contributed by atoms with E-state index in [1.807, 2.05) is 0 Å². The second-order valence-corrected chi connectivity index (χ2v) is 0. The van der Waals surface area contributed by atoms with Gasteiger partial charge < -0.3 is 7.13 Å². The molecule has 4 heteroatoms. The van der Waals surface area contributed by atoms with E-state index in [1.54, 1.807) is 0 Å². The zero-order valence-corrected chi connectivity index (χ0v) is 6.61. The van der Waals surface area contributed by atoms with Gasteiger partial charge in [-0.1, -0.05) is 0 Å². The van der Waals surface area contributed by atoms with Crippen LogP contribution >= 0.6 is 0 Å². The topological polar surface area (TPSA) is 0 Å². The zero-order chi connectivity index (χ0) is 0. The Morgan fingerprint density at radius 1 is 1.25 bits per heavy atom. The standard InChI is InChI=1S/B.Ca.Li.Mg.5H/q;+2;+1;+2;5*-1. The van der Waals surface area contributed by atoms with Crippen LogP contribution in [-0.2, 0) is 0 Å². The van der Waals surface area contributed by atoms with Gasteiger partial charge in [0.15, 0.2) is 0 Å². The van der Waals surface area contributed by atoms with E-state index < -0.39 is 0 Å². The van der Waals surface area contributed by atoms with Gasteiger partial charge in [0.1, 0.15) is 0 Å². The summed E-state index contributed by atoms with van der Waals surface area (Å²) in [5, 5.41) is 0. The Bertz CT molecular complexity index is 16.9. The van der Waals surface area contributed by atoms with Gasteiger partial charge in [-0.05, 0) is 0 Å². The molecule has 0 heterocycles. The Hall–Kier alpha value is 2.69. The molecule has 0 aromatic rings. The third-order valence-corrected chi connectivity index (χ3v) is 0. The van der Waals surface area contributed by atoms with Gasteiger partial charge in [-0.25, -0.2) is 0 Å². The van der Waals surface area contributed by atoms with E-state index >= 15 is 0 Å². The molecule has 0 saturated carbocycles. The summed E-state index contributed by atoms with van der Waals surface area (Å²) in [4.78, 5) is 0. The van der Waals surface area contributed by atoms with Crippen molar-refractivity contribution < 1.29 is 26.0 Å². The molecule has 0 N–H and O–H groups in total. The molecule has 0 nitrogen and oxygen atoms in total. The molecule has 0 unspecified atom stereocenters. The van der Waals surface area contributed by atoms with Crippen molar-refractivity contribution in [2.24, 2.45) is 0 Å². The van der Waals surface area contributed by atoms with Crippen LogP contribution in [0.1, 0.15) is 7.13 Å². The van der Waals surface area contributed by atoms with Crippen LogP contribution in [0.25, 0.3) is 0 Å². The molecule has 13 valence electrons. The minimum Gasteiger partial charge on any atom is -1.00 e. The van der Waals surface area contributed by atoms with Gasteiger partial charge in [0.05, 0.1) is 0 Å². The Kier molecular flexibility index (Phi) is 130. The Morgan fingerprint density at radius 3 is 1.25 bits per heavy atom. The minimum absolute atomic E-state index is 0. The van der Waals surface area contributed by atoms with E-state index in [1.165, 1.54) is 0 Å². The van der Waals surface area contributed by atoms with Gasteiger partial charge in [0.2, 0.25) is 0 Å². The van der Waals surface area contributed by atoms with Crippen molar-refractivity contribution in [2.45, 2.75) is 0 Å². The first-order chi connectivity index (χ1) is 0. The largest absolute Gasteiger partial charge is 2.00 e. The van der Waals surface area contributed by atoms with E-state index in [-0.39, 0.29) is 95.2 Å². The van der Waals surface area contributed by atoms with Gasteiger partial charge in [0.25, 0.3) is 0 Å². The maximum Gasteiger partial charge on any atom is 2.00 e. The van der Waals surface area contributed by atoms with Crippen molar-refractivity contribution in [3.63, 3.8) is 0 Å². The summed E-state index contributed by atoms with van der Waals surface area (Å²) in [7, 11) is 0. The van der Waals surface area contributed by atoms with Crippen LogP contribution in [0.15, 0.2) is 0 Å². The molecule has 0 aliphatic rings. The summed E-state index contributed by atoms with van der Waals surface area (Å²) in [5.41, 5.74) is 0. The van der Waals surface area contributed by atoms with Crippen molar-refractivity contribution in [1.82, 2.24) is 0 Å². The number of rotatable bonds is 0. The van der Waals surface area contributed by atoms with Crippen molar-refractivity contribution in [3.8, 4) is 0 Å². The third-order valence-electron chi connectivity index (χ3n) is 0. The fraction of sp³-hybridized carbons (Fsp3) is 0. The summed E-state index contributed by atoms with van der Waals surface area (Å²) in [6, 6.07) is 0. The van der Waals surface area contributed by atoms with Gasteiger partial charge in [0, 0.05) is 8.41 Å². The summed E-state index contributed by atoms with van der Waals surface area (Å²) in [6.07, 6.45) is 0. The first-order valence-electron chi connectivity index (χ1n) is 0. The maximum absolute atomic E-state index is 0. The summed E-state index contributed by atoms with van der Waals surface area (Å²) < 4.78 is 0. The molecule has 0 fully saturated rings. The van der Waals surface area contributed by atoms with E-state index in [4.69, 9.17) is 0 Å². The molecule has 0 saturated heterocycles. The molecule has 0 aliphatic carbocycles. The molecule has 4 heavy (non-hydrogen) atoms. The normalized spacial score (nSPS) is 0. The van der Waals surface area contributed by atoms with Crippen molar-refractivity contribution in [2.75, 3.05) is 0 Å². The zero-order valence-electron chi connectivity index (χ0n) is 7.99. The molecular weight excluding hydrogens is 82.1 g/mol. The van der Waals surface area contributed by atoms with Gasteiger partial charge >= 0.3 is 79.7 Å². The van der Waals surface area contributed by atoms with Crippen molar-refractivity contribution in [1.29, 1.82) is 0 Å². The predicted octanol–water partition coefficient (Wildman–Crippen LogP) is -3.58. The Balaban J connectivity index is 0. The van der Waals surface area contributed by atoms with E-state index in [9.17, 15) is 0 Å². The second kappa shape index (κ2) is 17.3. The van der Waals surface area contributed by atoms with E-state index in [2.05, 4.69) is 0 Å². The monoisotopic (exact) mass is 87.0 g/mol. The first-order valence-corrected chi connectivity index (χ1v) is 0. The molecule has 0 aromatic carbocycles. The quantitative estimate of drug-likeness (QED) is 0.268. The summed E-state index contributed by atoms with van der Waals surface area (Å²) >= 11 is 0. The van der Waals surface area contributed by atoms with Crippen LogP contribution in [0, 0.1) is 0 Å². The SMILES string of the molecule is [B].[Ca+2].[H-].[H-].[H-].[H-].[H-].[Li+].[Mg+2]. The molecule has 0 aromatic heterocycles. The van der Waals surface area contributed by atoms with Gasteiger partial charge in [-0.2, -0.15) is 0 Å². The predicted molar refractivity (Wildman–Crippen MR) is 22.8 cm³/mol. The van der Waals surface area contributed by atoms with Crippen molar-refractivity contribution >= 4 is 69.2 Å². The first kappa shape index (κ1) is 29.9. The number of hydrogen-bond donors (Lipinski definition) is 0.